The predicted octanol–water partition coefficient (Wildman–Crippen LogP) is 2.71. The number of rotatable bonds is 1. The molecular formula is C18H24O3. The summed E-state index contributed by atoms with van der Waals surface area (Å²) in [6, 6.07) is 6.53. The van der Waals surface area contributed by atoms with Crippen molar-refractivity contribution in [3.8, 4) is 0 Å². The standard InChI is InChI=1S/C18H24O3/c1-13-2-3-14-4-6-18(19,16(14)10-13)15-5-8-21-17(11-15)7-9-20-12-17/h2-3,10,15,19H,4-9,11-12H2,1H3. The molecule has 3 aliphatic rings. The average Bonchev–Trinajstić information content (AvgIpc) is 3.06. The van der Waals surface area contributed by atoms with E-state index in [4.69, 9.17) is 9.47 Å². The molecule has 1 N–H and O–H groups in total. The van der Waals surface area contributed by atoms with Crippen LogP contribution in [0.4, 0.5) is 0 Å². The molecule has 21 heavy (non-hydrogen) atoms. The quantitative estimate of drug-likeness (QED) is 0.863. The van der Waals surface area contributed by atoms with Gasteiger partial charge in [0.1, 0.15) is 0 Å². The SMILES string of the molecule is Cc1ccc2c(c1)C(O)(C1CCOC3(CCOC3)C1)CC2. The maximum Gasteiger partial charge on any atom is 0.0940 e. The molecular weight excluding hydrogens is 264 g/mol. The van der Waals surface area contributed by atoms with Crippen molar-refractivity contribution in [1.82, 2.24) is 0 Å². The summed E-state index contributed by atoms with van der Waals surface area (Å²) >= 11 is 0. The lowest BCUT2D eigenvalue weighted by Crippen LogP contribution is -2.47. The average molecular weight is 288 g/mol. The number of ether oxygens (including phenoxy) is 2. The number of aliphatic hydroxyl groups is 1. The summed E-state index contributed by atoms with van der Waals surface area (Å²) in [6.45, 7) is 4.34. The molecule has 2 heterocycles. The lowest BCUT2D eigenvalue weighted by atomic mass is 9.72. The molecule has 4 rings (SSSR count). The zero-order chi connectivity index (χ0) is 14.5. The number of fused-ring (bicyclic) bond motifs is 1. The number of aryl methyl sites for hydroxylation is 2. The Labute approximate surface area is 126 Å². The van der Waals surface area contributed by atoms with Gasteiger partial charge in [0.15, 0.2) is 0 Å². The van der Waals surface area contributed by atoms with E-state index in [1.54, 1.807) is 0 Å². The lowest BCUT2D eigenvalue weighted by molar-refractivity contribution is -0.145. The van der Waals surface area contributed by atoms with Gasteiger partial charge in [0.25, 0.3) is 0 Å². The van der Waals surface area contributed by atoms with Crippen molar-refractivity contribution in [2.75, 3.05) is 19.8 Å². The van der Waals surface area contributed by atoms with Crippen LogP contribution in [0.25, 0.3) is 0 Å². The van der Waals surface area contributed by atoms with E-state index in [1.807, 2.05) is 0 Å². The van der Waals surface area contributed by atoms with Crippen molar-refractivity contribution in [2.24, 2.45) is 5.92 Å². The smallest absolute Gasteiger partial charge is 0.0940 e. The minimum atomic E-state index is -0.666. The first-order valence-corrected chi connectivity index (χ1v) is 8.15. The third-order valence-electron chi connectivity index (χ3n) is 5.74. The summed E-state index contributed by atoms with van der Waals surface area (Å²) in [5, 5.41) is 11.4. The highest BCUT2D eigenvalue weighted by Gasteiger charge is 2.50. The van der Waals surface area contributed by atoms with Crippen molar-refractivity contribution < 1.29 is 14.6 Å². The molecule has 0 amide bonds. The summed E-state index contributed by atoms with van der Waals surface area (Å²) < 4.78 is 11.6. The van der Waals surface area contributed by atoms with Crippen molar-refractivity contribution >= 4 is 0 Å². The van der Waals surface area contributed by atoms with Crippen LogP contribution in [-0.2, 0) is 21.5 Å². The van der Waals surface area contributed by atoms with E-state index < -0.39 is 5.60 Å². The Morgan fingerprint density at radius 2 is 2.14 bits per heavy atom. The molecule has 1 aliphatic carbocycles. The van der Waals surface area contributed by atoms with Gasteiger partial charge in [0.2, 0.25) is 0 Å². The van der Waals surface area contributed by atoms with Crippen LogP contribution >= 0.6 is 0 Å². The molecule has 2 saturated heterocycles. The molecule has 0 radical (unpaired) electrons. The van der Waals surface area contributed by atoms with Crippen LogP contribution in [0.15, 0.2) is 18.2 Å². The molecule has 1 spiro atoms. The third-order valence-corrected chi connectivity index (χ3v) is 5.74. The Balaban J connectivity index is 1.66. The van der Waals surface area contributed by atoms with Gasteiger partial charge in [-0.15, -0.1) is 0 Å². The first-order valence-electron chi connectivity index (χ1n) is 8.15. The molecule has 2 aliphatic heterocycles. The predicted molar refractivity (Wildman–Crippen MR) is 80.2 cm³/mol. The highest BCUT2D eigenvalue weighted by molar-refractivity contribution is 5.40. The minimum Gasteiger partial charge on any atom is -0.385 e. The molecule has 1 aromatic carbocycles. The van der Waals surface area contributed by atoms with Gasteiger partial charge in [0.05, 0.1) is 17.8 Å². The normalized spacial score (nSPS) is 38.9. The third kappa shape index (κ3) is 2.14. The molecule has 0 bridgehead atoms. The molecule has 0 aromatic heterocycles. The van der Waals surface area contributed by atoms with Gasteiger partial charge in [-0.2, -0.15) is 0 Å². The summed E-state index contributed by atoms with van der Waals surface area (Å²) in [5.41, 5.74) is 2.93. The minimum absolute atomic E-state index is 0.134. The van der Waals surface area contributed by atoms with Gasteiger partial charge in [-0.1, -0.05) is 23.8 Å². The van der Waals surface area contributed by atoms with Gasteiger partial charge >= 0.3 is 0 Å². The zero-order valence-electron chi connectivity index (χ0n) is 12.7. The van der Waals surface area contributed by atoms with Crippen LogP contribution in [0.2, 0.25) is 0 Å². The Hall–Kier alpha value is -0.900. The van der Waals surface area contributed by atoms with Gasteiger partial charge in [-0.25, -0.2) is 0 Å². The van der Waals surface area contributed by atoms with Gasteiger partial charge < -0.3 is 14.6 Å². The van der Waals surface area contributed by atoms with Crippen LogP contribution in [0.1, 0.15) is 42.4 Å². The number of benzene rings is 1. The fourth-order valence-corrected chi connectivity index (χ4v) is 4.49. The number of hydrogen-bond donors (Lipinski definition) is 1. The van der Waals surface area contributed by atoms with E-state index in [0.717, 1.165) is 45.3 Å². The van der Waals surface area contributed by atoms with E-state index >= 15 is 0 Å². The Morgan fingerprint density at radius 1 is 1.24 bits per heavy atom. The topological polar surface area (TPSA) is 38.7 Å². The Bertz CT molecular complexity index is 547. The zero-order valence-corrected chi connectivity index (χ0v) is 12.7. The summed E-state index contributed by atoms with van der Waals surface area (Å²) in [6.07, 6.45) is 4.70. The van der Waals surface area contributed by atoms with Crippen LogP contribution in [-0.4, -0.2) is 30.5 Å². The first kappa shape index (κ1) is 13.7. The summed E-state index contributed by atoms with van der Waals surface area (Å²) in [5.74, 6) is 0.288. The largest absolute Gasteiger partial charge is 0.385 e. The van der Waals surface area contributed by atoms with Crippen molar-refractivity contribution in [3.05, 3.63) is 34.9 Å². The molecule has 3 unspecified atom stereocenters. The fraction of sp³-hybridized carbons (Fsp3) is 0.667. The Morgan fingerprint density at radius 3 is 2.95 bits per heavy atom. The second-order valence-corrected chi connectivity index (χ2v) is 7.11. The highest BCUT2D eigenvalue weighted by Crippen LogP contribution is 2.49. The lowest BCUT2D eigenvalue weighted by Gasteiger charge is -2.43. The van der Waals surface area contributed by atoms with Crippen LogP contribution < -0.4 is 0 Å². The molecule has 3 nitrogen and oxygen atoms in total. The second-order valence-electron chi connectivity index (χ2n) is 7.11. The molecule has 3 atom stereocenters. The molecule has 2 fully saturated rings. The van der Waals surface area contributed by atoms with Gasteiger partial charge in [-0.05, 0) is 49.7 Å². The van der Waals surface area contributed by atoms with Crippen LogP contribution in [0, 0.1) is 12.8 Å². The second kappa shape index (κ2) is 4.80. The van der Waals surface area contributed by atoms with Crippen LogP contribution in [0.3, 0.4) is 0 Å². The van der Waals surface area contributed by atoms with E-state index in [-0.39, 0.29) is 11.5 Å². The highest BCUT2D eigenvalue weighted by atomic mass is 16.6. The molecule has 114 valence electrons. The molecule has 0 saturated carbocycles. The van der Waals surface area contributed by atoms with Gasteiger partial charge in [0, 0.05) is 19.6 Å². The van der Waals surface area contributed by atoms with Crippen molar-refractivity contribution in [1.29, 1.82) is 0 Å². The van der Waals surface area contributed by atoms with E-state index in [0.29, 0.717) is 6.61 Å². The van der Waals surface area contributed by atoms with E-state index in [9.17, 15) is 5.11 Å². The van der Waals surface area contributed by atoms with Gasteiger partial charge in [-0.3, -0.25) is 0 Å². The monoisotopic (exact) mass is 288 g/mol. The van der Waals surface area contributed by atoms with E-state index in [1.165, 1.54) is 16.7 Å². The van der Waals surface area contributed by atoms with E-state index in [2.05, 4.69) is 25.1 Å². The fourth-order valence-electron chi connectivity index (χ4n) is 4.49. The first-order chi connectivity index (χ1) is 10.1. The molecule has 3 heteroatoms. The maximum absolute atomic E-state index is 11.4. The van der Waals surface area contributed by atoms with Crippen molar-refractivity contribution in [2.45, 2.75) is 50.2 Å². The summed E-state index contributed by atoms with van der Waals surface area (Å²) in [7, 11) is 0. The maximum atomic E-state index is 11.4. The van der Waals surface area contributed by atoms with Crippen LogP contribution in [0.5, 0.6) is 0 Å². The number of hydrogen-bond acceptors (Lipinski definition) is 3. The van der Waals surface area contributed by atoms with Crippen molar-refractivity contribution in [3.63, 3.8) is 0 Å². The summed E-state index contributed by atoms with van der Waals surface area (Å²) in [4.78, 5) is 0. The Kier molecular flexibility index (Phi) is 3.14. The molecule has 1 aromatic rings.